The van der Waals surface area contributed by atoms with E-state index in [1.165, 1.54) is 14.0 Å². The molecule has 2 N–H and O–H groups in total. The maximum atomic E-state index is 12.5. The van der Waals surface area contributed by atoms with Gasteiger partial charge in [0.1, 0.15) is 0 Å². The Morgan fingerprint density at radius 1 is 1.17 bits per heavy atom. The van der Waals surface area contributed by atoms with Crippen molar-refractivity contribution in [3.63, 3.8) is 0 Å². The Bertz CT molecular complexity index is 466. The smallest absolute Gasteiger partial charge is 0.343 e. The number of esters is 2. The molecule has 0 amide bonds. The molecule has 0 heterocycles. The lowest BCUT2D eigenvalue weighted by atomic mass is 9.62. The van der Waals surface area contributed by atoms with E-state index in [4.69, 9.17) is 4.74 Å². The summed E-state index contributed by atoms with van der Waals surface area (Å²) < 4.78 is 21.9. The van der Waals surface area contributed by atoms with Crippen LogP contribution < -0.4 is 0 Å². The third kappa shape index (κ3) is 3.95. The topological polar surface area (TPSA) is 110 Å². The number of carbonyl (C=O) groups is 2. The molecule has 0 aromatic carbocycles. The summed E-state index contributed by atoms with van der Waals surface area (Å²) >= 11 is 0. The fraction of sp³-hybridized carbons (Fsp3) is 0.867. The van der Waals surface area contributed by atoms with E-state index in [-0.39, 0.29) is 13.0 Å². The van der Waals surface area contributed by atoms with Crippen LogP contribution in [0.4, 0.5) is 0 Å². The fourth-order valence-electron chi connectivity index (χ4n) is 3.53. The Morgan fingerprint density at radius 3 is 1.96 bits per heavy atom. The van der Waals surface area contributed by atoms with Gasteiger partial charge in [-0.15, -0.1) is 0 Å². The van der Waals surface area contributed by atoms with E-state index in [0.717, 1.165) is 0 Å². The normalized spacial score (nSPS) is 16.3. The zero-order valence-corrected chi connectivity index (χ0v) is 15.7. The van der Waals surface area contributed by atoms with Crippen LogP contribution in [0.2, 0.25) is 0 Å². The molecule has 2 unspecified atom stereocenters. The van der Waals surface area contributed by atoms with Crippen molar-refractivity contribution in [3.8, 4) is 0 Å². The Balaban J connectivity index is 6.23. The molecule has 0 fully saturated rings. The summed E-state index contributed by atoms with van der Waals surface area (Å²) in [6, 6.07) is 0. The highest BCUT2D eigenvalue weighted by Crippen LogP contribution is 2.64. The van der Waals surface area contributed by atoms with Crippen LogP contribution in [0.1, 0.15) is 53.9 Å². The predicted octanol–water partition coefficient (Wildman–Crippen LogP) is 2.49. The molecule has 0 aromatic heterocycles. The molecule has 0 aromatic rings. The van der Waals surface area contributed by atoms with Gasteiger partial charge >= 0.3 is 19.5 Å². The summed E-state index contributed by atoms with van der Waals surface area (Å²) in [6.45, 7) is 8.05. The molecule has 8 heteroatoms. The SMILES string of the molecule is CCOC(=O)C(C)(C(CC)(CC)C(C)CC(=O)OC)P(=O)(O)O. The number of ether oxygens (including phenoxy) is 2. The van der Waals surface area contributed by atoms with Gasteiger partial charge in [-0.1, -0.05) is 20.8 Å². The Kier molecular flexibility index (Phi) is 7.94. The van der Waals surface area contributed by atoms with Gasteiger partial charge in [-0.2, -0.15) is 0 Å². The summed E-state index contributed by atoms with van der Waals surface area (Å²) in [5.41, 5.74) is -1.10. The van der Waals surface area contributed by atoms with Gasteiger partial charge in [0, 0.05) is 11.8 Å². The molecule has 0 aliphatic rings. The minimum atomic E-state index is -4.86. The quantitative estimate of drug-likeness (QED) is 0.484. The van der Waals surface area contributed by atoms with Gasteiger partial charge in [-0.25, -0.2) is 0 Å². The first-order chi connectivity index (χ1) is 10.5. The average Bonchev–Trinajstić information content (AvgIpc) is 2.47. The largest absolute Gasteiger partial charge is 0.469 e. The second-order valence-corrected chi connectivity index (χ2v) is 7.86. The summed E-state index contributed by atoms with van der Waals surface area (Å²) in [7, 11) is -3.61. The lowest BCUT2D eigenvalue weighted by molar-refractivity contribution is -0.155. The molecule has 0 spiro atoms. The highest BCUT2D eigenvalue weighted by Gasteiger charge is 2.64. The van der Waals surface area contributed by atoms with Gasteiger partial charge in [0.15, 0.2) is 5.16 Å². The lowest BCUT2D eigenvalue weighted by Gasteiger charge is -2.49. The van der Waals surface area contributed by atoms with Crippen molar-refractivity contribution in [2.24, 2.45) is 11.3 Å². The molecule has 23 heavy (non-hydrogen) atoms. The van der Waals surface area contributed by atoms with Crippen LogP contribution in [-0.2, 0) is 23.6 Å². The third-order valence-corrected chi connectivity index (χ3v) is 6.92. The van der Waals surface area contributed by atoms with Crippen molar-refractivity contribution in [2.75, 3.05) is 13.7 Å². The van der Waals surface area contributed by atoms with Crippen LogP contribution in [0.5, 0.6) is 0 Å². The summed E-state index contributed by atoms with van der Waals surface area (Å²) in [5.74, 6) is -1.90. The first-order valence-corrected chi connectivity index (χ1v) is 9.39. The maximum Gasteiger partial charge on any atom is 0.343 e. The van der Waals surface area contributed by atoms with Gasteiger partial charge < -0.3 is 19.3 Å². The lowest BCUT2D eigenvalue weighted by Crippen LogP contribution is -2.55. The van der Waals surface area contributed by atoms with E-state index in [0.29, 0.717) is 12.8 Å². The van der Waals surface area contributed by atoms with Crippen molar-refractivity contribution in [3.05, 3.63) is 0 Å². The van der Waals surface area contributed by atoms with E-state index < -0.39 is 36.0 Å². The third-order valence-electron chi connectivity index (χ3n) is 5.13. The van der Waals surface area contributed by atoms with Gasteiger partial charge in [0.2, 0.25) is 0 Å². The zero-order chi connectivity index (χ0) is 18.5. The number of hydrogen-bond acceptors (Lipinski definition) is 5. The molecule has 0 saturated carbocycles. The van der Waals surface area contributed by atoms with E-state index in [1.54, 1.807) is 27.7 Å². The molecule has 0 radical (unpaired) electrons. The standard InChI is InChI=1S/C15H29O7P/c1-7-15(8-2,11(4)10-12(16)21-6)14(5,23(18,19)20)13(17)22-9-3/h11H,7-10H2,1-6H3,(H2,18,19,20). The Hall–Kier alpha value is -0.910. The van der Waals surface area contributed by atoms with E-state index >= 15 is 0 Å². The molecular weight excluding hydrogens is 323 g/mol. The number of hydrogen-bond donors (Lipinski definition) is 2. The van der Waals surface area contributed by atoms with E-state index in [2.05, 4.69) is 4.74 Å². The first-order valence-electron chi connectivity index (χ1n) is 7.78. The monoisotopic (exact) mass is 352 g/mol. The van der Waals surface area contributed by atoms with Crippen molar-refractivity contribution in [1.82, 2.24) is 0 Å². The zero-order valence-electron chi connectivity index (χ0n) is 14.8. The first kappa shape index (κ1) is 22.1. The van der Waals surface area contributed by atoms with Gasteiger partial charge in [-0.05, 0) is 32.6 Å². The summed E-state index contributed by atoms with van der Waals surface area (Å²) in [5, 5.41) is -2.03. The molecule has 0 aliphatic heterocycles. The Labute approximate surface area is 137 Å². The van der Waals surface area contributed by atoms with E-state index in [1.807, 2.05) is 0 Å². The van der Waals surface area contributed by atoms with Gasteiger partial charge in [0.25, 0.3) is 0 Å². The highest BCUT2D eigenvalue weighted by molar-refractivity contribution is 7.54. The number of methoxy groups -OCH3 is 1. The maximum absolute atomic E-state index is 12.5. The summed E-state index contributed by atoms with van der Waals surface area (Å²) in [6.07, 6.45) is 0.581. The van der Waals surface area contributed by atoms with Crippen molar-refractivity contribution in [1.29, 1.82) is 0 Å². The fourth-order valence-corrected chi connectivity index (χ4v) is 4.95. The van der Waals surface area contributed by atoms with Crippen molar-refractivity contribution in [2.45, 2.75) is 59.0 Å². The molecule has 136 valence electrons. The molecule has 0 saturated heterocycles. The van der Waals surface area contributed by atoms with Crippen molar-refractivity contribution >= 4 is 19.5 Å². The molecule has 0 bridgehead atoms. The van der Waals surface area contributed by atoms with Crippen LogP contribution in [0.3, 0.4) is 0 Å². The average molecular weight is 352 g/mol. The molecule has 0 rings (SSSR count). The number of carbonyl (C=O) groups excluding carboxylic acids is 2. The van der Waals surface area contributed by atoms with Gasteiger partial charge in [-0.3, -0.25) is 14.2 Å². The molecular formula is C15H29O7P. The van der Waals surface area contributed by atoms with Crippen LogP contribution in [-0.4, -0.2) is 40.6 Å². The van der Waals surface area contributed by atoms with Gasteiger partial charge in [0.05, 0.1) is 13.7 Å². The van der Waals surface area contributed by atoms with E-state index in [9.17, 15) is 23.9 Å². The minimum Gasteiger partial charge on any atom is -0.469 e. The minimum absolute atomic E-state index is 0.0172. The second kappa shape index (κ2) is 8.27. The van der Waals surface area contributed by atoms with Crippen molar-refractivity contribution < 1.29 is 33.4 Å². The van der Waals surface area contributed by atoms with Crippen LogP contribution in [0.15, 0.2) is 0 Å². The molecule has 2 atom stereocenters. The van der Waals surface area contributed by atoms with Crippen LogP contribution >= 0.6 is 7.60 Å². The summed E-state index contributed by atoms with van der Waals surface area (Å²) in [4.78, 5) is 44.1. The highest BCUT2D eigenvalue weighted by atomic mass is 31.2. The molecule has 0 aliphatic carbocycles. The Morgan fingerprint density at radius 2 is 1.65 bits per heavy atom. The number of rotatable bonds is 9. The van der Waals surface area contributed by atoms with Crippen LogP contribution in [0.25, 0.3) is 0 Å². The predicted molar refractivity (Wildman–Crippen MR) is 85.9 cm³/mol. The molecule has 7 nitrogen and oxygen atoms in total. The second-order valence-electron chi connectivity index (χ2n) is 5.88. The van der Waals surface area contributed by atoms with Crippen LogP contribution in [0, 0.1) is 11.3 Å².